The van der Waals surface area contributed by atoms with E-state index >= 15 is 0 Å². The fourth-order valence-electron chi connectivity index (χ4n) is 6.00. The van der Waals surface area contributed by atoms with E-state index in [0.29, 0.717) is 51.1 Å². The van der Waals surface area contributed by atoms with Gasteiger partial charge in [0.2, 0.25) is 5.91 Å². The van der Waals surface area contributed by atoms with Crippen LogP contribution in [0.5, 0.6) is 0 Å². The first-order valence-corrected chi connectivity index (χ1v) is 26.3. The molecule has 0 bridgehead atoms. The maximum absolute atomic E-state index is 13.0. The van der Waals surface area contributed by atoms with E-state index in [4.69, 9.17) is 20.3 Å². The summed E-state index contributed by atoms with van der Waals surface area (Å²) in [5.41, 5.74) is 6.66. The quantitative estimate of drug-likeness (QED) is 0.0139. The number of aliphatic carboxylic acids is 1. The van der Waals surface area contributed by atoms with Crippen LogP contribution in [0.2, 0.25) is 0 Å². The van der Waals surface area contributed by atoms with Crippen molar-refractivity contribution in [3.63, 3.8) is 0 Å². The number of carbonyl (C=O) groups excluding carboxylic acids is 6. The second-order valence-electron chi connectivity index (χ2n) is 16.9. The molecule has 0 aliphatic carbocycles. The monoisotopic (exact) mass is 1060 g/mol. The molecule has 17 nitrogen and oxygen atoms in total. The van der Waals surface area contributed by atoms with Gasteiger partial charge in [-0.25, -0.2) is 0 Å². The van der Waals surface area contributed by atoms with Gasteiger partial charge in [-0.15, -0.1) is 0 Å². The molecule has 0 aliphatic heterocycles. The van der Waals surface area contributed by atoms with Gasteiger partial charge in [-0.1, -0.05) is 44.9 Å². The molecule has 0 spiro atoms. The molecule has 0 unspecified atom stereocenters. The number of thiol groups is 1. The van der Waals surface area contributed by atoms with Crippen molar-refractivity contribution in [3.8, 4) is 0 Å². The van der Waals surface area contributed by atoms with Gasteiger partial charge in [-0.2, -0.15) is 6.42 Å². The Hall–Kier alpha value is -3.13. The number of Topliss-reactive ketones (excluding diaryl/α,β-unsaturated/α-hetero) is 1. The number of allylic oxidation sites excluding steroid dienone is 1. The molecule has 0 aromatic rings. The number of nitrogens with one attached hydrogen (secondary N) is 6. The average molecular weight is 1060 g/mol. The number of ketones is 1. The molecule has 4 amide bonds. The molecular formula is C47H83N7NbO10S2-2. The molecule has 0 rings (SSSR count). The SMILES string of the molecule is C=C(N[C@H](C(=O)N[C@@H](S)C(=[C]=[Nb])N[C@H]([C-]=O)CSCC(=O)NCC(C)=O)C(C)C)[C@@H](C)CC(C)C.NCCCC[CH-]C(=O)NCCOCCOCC(=O)NCCCCCCCCCCC(=O)O. The molecule has 0 radical (unpaired) electrons. The number of carbonyl (C=O) groups is 6. The van der Waals surface area contributed by atoms with Gasteiger partial charge in [-0.3, -0.25) is 9.59 Å². The molecule has 0 saturated heterocycles. The van der Waals surface area contributed by atoms with Crippen molar-refractivity contribution in [3.05, 3.63) is 24.4 Å². The van der Waals surface area contributed by atoms with Gasteiger partial charge in [0, 0.05) is 19.5 Å². The van der Waals surface area contributed by atoms with Crippen molar-refractivity contribution in [1.29, 1.82) is 0 Å². The third kappa shape index (κ3) is 41.6. The Bertz CT molecular complexity index is 1490. The number of rotatable bonds is 42. The van der Waals surface area contributed by atoms with E-state index in [9.17, 15) is 33.6 Å². The van der Waals surface area contributed by atoms with Crippen molar-refractivity contribution in [2.45, 2.75) is 142 Å². The predicted octanol–water partition coefficient (Wildman–Crippen LogP) is 3.69. The topological polar surface area (TPSA) is 256 Å². The van der Waals surface area contributed by atoms with Crippen LogP contribution >= 0.6 is 24.4 Å². The second-order valence-corrected chi connectivity index (χ2v) is 19.0. The molecule has 385 valence electrons. The van der Waals surface area contributed by atoms with Crippen LogP contribution in [0.25, 0.3) is 0 Å². The van der Waals surface area contributed by atoms with Crippen molar-refractivity contribution in [2.75, 3.05) is 64.1 Å². The van der Waals surface area contributed by atoms with Gasteiger partial charge < -0.3 is 42.2 Å². The summed E-state index contributed by atoms with van der Waals surface area (Å²) in [5, 5.41) is 25.1. The van der Waals surface area contributed by atoms with E-state index in [1.807, 2.05) is 20.1 Å². The zero-order valence-corrected chi connectivity index (χ0v) is 44.9. The van der Waals surface area contributed by atoms with Crippen LogP contribution in [0.1, 0.15) is 125 Å². The van der Waals surface area contributed by atoms with Crippen molar-refractivity contribution >= 4 is 69.9 Å². The van der Waals surface area contributed by atoms with E-state index in [1.54, 1.807) is 6.42 Å². The first-order chi connectivity index (χ1) is 31.9. The number of thioether (sulfide) groups is 1. The van der Waals surface area contributed by atoms with Crippen LogP contribution in [0.15, 0.2) is 18.0 Å². The van der Waals surface area contributed by atoms with Crippen molar-refractivity contribution < 1.29 is 68.7 Å². The van der Waals surface area contributed by atoms with Gasteiger partial charge >= 0.3 is 238 Å². The summed E-state index contributed by atoms with van der Waals surface area (Å²) in [6, 6.07) is -1.22. The minimum atomic E-state index is -0.723. The van der Waals surface area contributed by atoms with Crippen LogP contribution in [0.3, 0.4) is 0 Å². The third-order valence-electron chi connectivity index (χ3n) is 9.69. The first-order valence-electron chi connectivity index (χ1n) is 23.5. The molecule has 0 aromatic heterocycles. The summed E-state index contributed by atoms with van der Waals surface area (Å²) in [6.07, 6.45) is 15.6. The van der Waals surface area contributed by atoms with E-state index < -0.39 is 23.4 Å². The number of hydrogen-bond acceptors (Lipinski definition) is 14. The van der Waals surface area contributed by atoms with Crippen LogP contribution in [0, 0.1) is 24.2 Å². The molecule has 0 aliphatic rings. The second kappa shape index (κ2) is 44.1. The number of amides is 4. The molecule has 9 N–H and O–H groups in total. The molecule has 20 heteroatoms. The summed E-state index contributed by atoms with van der Waals surface area (Å²) < 4.78 is 13.6. The standard InChI is InChI=1S/C24H39N4O4S2.C23H44N3O6.Nb/c1-14(2)9-16(5)18(7)27-22(15(3)4)23(32)28-24(33)19(8)26-20(11-29)12-34-13-21(31)25-10-17(6)30;24-14-10-7-8-12-21(27)26-16-17-31-18-19-32-20-22(28)25-15-11-6-4-2-1-3-5-9-13-23(29)30;/h14-16,20,22,24,26-27,33H,7,9-10,12-13H2,1-6H3,(H,25,31)(H,28,32);12H,1-11,13-20,24H2,(H,25,28)(H,26,27)(H,29,30);/q2*-1;/t16-,20+,22-,24-;;/m0../s1. The van der Waals surface area contributed by atoms with E-state index in [0.717, 1.165) is 82.7 Å². The zero-order chi connectivity index (χ0) is 50.8. The summed E-state index contributed by atoms with van der Waals surface area (Å²) >= 11 is 6.98. The molecule has 0 aromatic carbocycles. The van der Waals surface area contributed by atoms with Crippen LogP contribution in [-0.2, 0) is 63.6 Å². The number of hydrogen-bond donors (Lipinski definition) is 9. The Kier molecular flexibility index (Phi) is 43.4. The van der Waals surface area contributed by atoms with E-state index in [2.05, 4.69) is 75.8 Å². The molecule has 4 atom stereocenters. The van der Waals surface area contributed by atoms with E-state index in [-0.39, 0.29) is 72.3 Å². The minimum Gasteiger partial charge on any atom is -0.481 e. The molecule has 67 heavy (non-hydrogen) atoms. The smallest absolute Gasteiger partial charge is 0.481 e. The molecule has 0 heterocycles. The number of carboxylic acids is 1. The molecular weight excluding hydrogens is 980 g/mol. The number of carboxylic acid groups (broad SMARTS) is 1. The Morgan fingerprint density at radius 3 is 2.06 bits per heavy atom. The summed E-state index contributed by atoms with van der Waals surface area (Å²) in [6.45, 7) is 18.7. The summed E-state index contributed by atoms with van der Waals surface area (Å²) in [4.78, 5) is 80.7. The van der Waals surface area contributed by atoms with Crippen molar-refractivity contribution in [2.24, 2.45) is 23.5 Å². The van der Waals surface area contributed by atoms with Gasteiger partial charge in [0.25, 0.3) is 0 Å². The fraction of sp³-hybridized carbons (Fsp3) is 0.745. The zero-order valence-electron chi connectivity index (χ0n) is 41.0. The van der Waals surface area contributed by atoms with Crippen LogP contribution in [0.4, 0.5) is 0 Å². The number of unbranched alkanes of at least 4 members (excludes halogenated alkanes) is 9. The predicted molar refractivity (Wildman–Crippen MR) is 267 cm³/mol. The van der Waals surface area contributed by atoms with Gasteiger partial charge in [0.1, 0.15) is 6.61 Å². The van der Waals surface area contributed by atoms with Gasteiger partial charge in [0.05, 0.1) is 25.7 Å². The normalized spacial score (nSPS) is 12.5. The average Bonchev–Trinajstić information content (AvgIpc) is 3.26. The maximum atomic E-state index is 13.0. The van der Waals surface area contributed by atoms with Crippen LogP contribution in [-0.4, -0.2) is 132 Å². The summed E-state index contributed by atoms with van der Waals surface area (Å²) in [7, 11) is 0. The van der Waals surface area contributed by atoms with Crippen LogP contribution < -0.4 is 37.6 Å². The number of ether oxygens (including phenoxy) is 2. The third-order valence-corrected chi connectivity index (χ3v) is 11.7. The van der Waals surface area contributed by atoms with E-state index in [1.165, 1.54) is 39.3 Å². The Morgan fingerprint density at radius 2 is 1.48 bits per heavy atom. The number of nitrogens with two attached hydrogens (primary N) is 1. The first kappa shape index (κ1) is 66.0. The Labute approximate surface area is 422 Å². The summed E-state index contributed by atoms with van der Waals surface area (Å²) in [5.74, 6) is -0.455. The molecule has 0 saturated carbocycles. The molecule has 0 fully saturated rings. The van der Waals surface area contributed by atoms with Gasteiger partial charge in [0.15, 0.2) is 0 Å². The van der Waals surface area contributed by atoms with Gasteiger partial charge in [-0.05, 0) is 25.8 Å². The van der Waals surface area contributed by atoms with Crippen molar-refractivity contribution in [1.82, 2.24) is 31.9 Å². The minimum absolute atomic E-state index is 0.00880. The fourth-order valence-corrected chi connectivity index (χ4v) is 7.79. The Balaban J connectivity index is 0. The Morgan fingerprint density at radius 1 is 0.836 bits per heavy atom.